The van der Waals surface area contributed by atoms with Crippen molar-refractivity contribution in [1.29, 1.82) is 0 Å². The van der Waals surface area contributed by atoms with Crippen LogP contribution in [0.5, 0.6) is 0 Å². The summed E-state index contributed by atoms with van der Waals surface area (Å²) in [7, 11) is 1.61. The summed E-state index contributed by atoms with van der Waals surface area (Å²) in [5.41, 5.74) is 1.52. The number of rotatable bonds is 5. The second kappa shape index (κ2) is 7.20. The zero-order chi connectivity index (χ0) is 17.1. The Morgan fingerprint density at radius 2 is 1.92 bits per heavy atom. The molecule has 0 saturated heterocycles. The molecular weight excluding hydrogens is 300 g/mol. The Labute approximate surface area is 143 Å². The second-order valence-corrected chi connectivity index (χ2v) is 7.17. The molecule has 3 rings (SSSR count). The van der Waals surface area contributed by atoms with Crippen LogP contribution in [0.2, 0.25) is 0 Å². The number of carbonyl (C=O) groups excluding carboxylic acids is 2. The second-order valence-electron chi connectivity index (χ2n) is 7.17. The summed E-state index contributed by atoms with van der Waals surface area (Å²) < 4.78 is 0. The average molecular weight is 326 g/mol. The first kappa shape index (κ1) is 16.7. The minimum atomic E-state index is -0.108. The van der Waals surface area contributed by atoms with E-state index < -0.39 is 0 Å². The van der Waals surface area contributed by atoms with Crippen LogP contribution in [0.4, 0.5) is 0 Å². The van der Waals surface area contributed by atoms with Crippen molar-refractivity contribution in [1.82, 2.24) is 10.6 Å². The molecule has 2 aliphatic carbocycles. The molecule has 128 valence electrons. The van der Waals surface area contributed by atoms with Gasteiger partial charge in [0.25, 0.3) is 5.91 Å². The van der Waals surface area contributed by atoms with E-state index in [-0.39, 0.29) is 17.9 Å². The molecule has 0 radical (unpaired) electrons. The van der Waals surface area contributed by atoms with E-state index in [2.05, 4.69) is 17.6 Å². The summed E-state index contributed by atoms with van der Waals surface area (Å²) in [6, 6.07) is 7.44. The first-order valence-corrected chi connectivity index (χ1v) is 8.87. The van der Waals surface area contributed by atoms with Gasteiger partial charge < -0.3 is 10.6 Å². The van der Waals surface area contributed by atoms with Crippen molar-refractivity contribution >= 4 is 17.9 Å². The van der Waals surface area contributed by atoms with Gasteiger partial charge in [0.2, 0.25) is 5.91 Å². The number of fused-ring (bicyclic) bond motifs is 2. The largest absolute Gasteiger partial charge is 0.355 e. The molecular formula is C20H26N2O2. The number of carbonyl (C=O) groups is 2. The van der Waals surface area contributed by atoms with Crippen LogP contribution in [0.3, 0.4) is 0 Å². The molecule has 4 heteroatoms. The first-order valence-electron chi connectivity index (χ1n) is 8.87. The smallest absolute Gasteiger partial charge is 0.251 e. The topological polar surface area (TPSA) is 58.2 Å². The third-order valence-electron chi connectivity index (χ3n) is 5.63. The maximum Gasteiger partial charge on any atom is 0.251 e. The fourth-order valence-electron chi connectivity index (χ4n) is 4.35. The van der Waals surface area contributed by atoms with E-state index in [1.807, 2.05) is 12.1 Å². The number of benzene rings is 1. The van der Waals surface area contributed by atoms with Gasteiger partial charge in [-0.25, -0.2) is 0 Å². The van der Waals surface area contributed by atoms with E-state index in [1.54, 1.807) is 31.3 Å². The van der Waals surface area contributed by atoms with Gasteiger partial charge in [-0.3, -0.25) is 9.59 Å². The quantitative estimate of drug-likeness (QED) is 0.817. The van der Waals surface area contributed by atoms with Gasteiger partial charge in [0, 0.05) is 24.7 Å². The molecule has 2 bridgehead atoms. The highest BCUT2D eigenvalue weighted by atomic mass is 16.2. The Hall–Kier alpha value is -2.10. The fourth-order valence-corrected chi connectivity index (χ4v) is 4.35. The van der Waals surface area contributed by atoms with Gasteiger partial charge in [-0.1, -0.05) is 18.6 Å². The van der Waals surface area contributed by atoms with Crippen LogP contribution in [0.15, 0.2) is 30.3 Å². The maximum absolute atomic E-state index is 12.1. The molecule has 2 fully saturated rings. The summed E-state index contributed by atoms with van der Waals surface area (Å²) in [5.74, 6) is 2.21. The van der Waals surface area contributed by atoms with Crippen LogP contribution in [0.1, 0.15) is 48.5 Å². The zero-order valence-electron chi connectivity index (χ0n) is 14.4. The summed E-state index contributed by atoms with van der Waals surface area (Å²) in [5, 5.41) is 5.72. The standard InChI is InChI=1S/C20H26N2O2/c1-13(18-12-15-5-9-17(18)11-15)22-19(23)10-6-14-3-7-16(8-4-14)20(24)21-2/h3-4,6-8,10,13,15,17-18H,5,9,11-12H2,1-2H3,(H,21,24)(H,22,23)/b10-6+. The van der Waals surface area contributed by atoms with Gasteiger partial charge in [-0.15, -0.1) is 0 Å². The van der Waals surface area contributed by atoms with Crippen molar-refractivity contribution in [2.75, 3.05) is 7.05 Å². The molecule has 2 amide bonds. The normalized spacial score (nSPS) is 26.5. The SMILES string of the molecule is CNC(=O)c1ccc(/C=C/C(=O)NC(C)C2CC3CCC2C3)cc1. The lowest BCUT2D eigenvalue weighted by molar-refractivity contribution is -0.117. The highest BCUT2D eigenvalue weighted by molar-refractivity contribution is 5.94. The van der Waals surface area contributed by atoms with Gasteiger partial charge in [0.05, 0.1) is 0 Å². The molecule has 0 aromatic heterocycles. The van der Waals surface area contributed by atoms with Crippen molar-refractivity contribution < 1.29 is 9.59 Å². The molecule has 2 aliphatic rings. The summed E-state index contributed by atoms with van der Waals surface area (Å²) in [4.78, 5) is 23.6. The highest BCUT2D eigenvalue weighted by Gasteiger charge is 2.41. The van der Waals surface area contributed by atoms with E-state index in [0.717, 1.165) is 17.4 Å². The first-order chi connectivity index (χ1) is 11.6. The van der Waals surface area contributed by atoms with E-state index >= 15 is 0 Å². The Bertz CT molecular complexity index is 636. The summed E-state index contributed by atoms with van der Waals surface area (Å²) in [6.07, 6.45) is 8.72. The molecule has 4 nitrogen and oxygen atoms in total. The minimum absolute atomic E-state index is 0.0411. The van der Waals surface area contributed by atoms with Crippen molar-refractivity contribution in [3.05, 3.63) is 41.5 Å². The van der Waals surface area contributed by atoms with E-state index in [0.29, 0.717) is 11.5 Å². The van der Waals surface area contributed by atoms with Gasteiger partial charge >= 0.3 is 0 Å². The predicted octanol–water partition coefficient (Wildman–Crippen LogP) is 3.00. The summed E-state index contributed by atoms with van der Waals surface area (Å²) in [6.45, 7) is 2.13. The fraction of sp³-hybridized carbons (Fsp3) is 0.500. The average Bonchev–Trinajstić information content (AvgIpc) is 3.23. The molecule has 1 aromatic rings. The lowest BCUT2D eigenvalue weighted by Crippen LogP contribution is -2.39. The molecule has 0 heterocycles. The number of hydrogen-bond acceptors (Lipinski definition) is 2. The van der Waals surface area contributed by atoms with E-state index in [9.17, 15) is 9.59 Å². The number of amides is 2. The lowest BCUT2D eigenvalue weighted by atomic mass is 9.84. The number of hydrogen-bond donors (Lipinski definition) is 2. The molecule has 1 aromatic carbocycles. The monoisotopic (exact) mass is 326 g/mol. The predicted molar refractivity (Wildman–Crippen MR) is 95.4 cm³/mol. The van der Waals surface area contributed by atoms with E-state index in [1.165, 1.54) is 25.7 Å². The summed E-state index contributed by atoms with van der Waals surface area (Å²) >= 11 is 0. The van der Waals surface area contributed by atoms with Crippen molar-refractivity contribution in [3.8, 4) is 0 Å². The van der Waals surface area contributed by atoms with Gasteiger partial charge in [0.15, 0.2) is 0 Å². The van der Waals surface area contributed by atoms with Crippen LogP contribution >= 0.6 is 0 Å². The molecule has 0 spiro atoms. The number of nitrogens with one attached hydrogen (secondary N) is 2. The van der Waals surface area contributed by atoms with Crippen LogP contribution in [0.25, 0.3) is 6.08 Å². The molecule has 4 unspecified atom stereocenters. The van der Waals surface area contributed by atoms with Crippen LogP contribution in [-0.2, 0) is 4.79 Å². The zero-order valence-corrected chi connectivity index (χ0v) is 14.4. The third kappa shape index (κ3) is 3.69. The third-order valence-corrected chi connectivity index (χ3v) is 5.63. The molecule has 24 heavy (non-hydrogen) atoms. The minimum Gasteiger partial charge on any atom is -0.355 e. The lowest BCUT2D eigenvalue weighted by Gasteiger charge is -2.28. The Morgan fingerprint density at radius 3 is 2.50 bits per heavy atom. The van der Waals surface area contributed by atoms with Crippen molar-refractivity contribution in [2.45, 2.75) is 38.6 Å². The highest BCUT2D eigenvalue weighted by Crippen LogP contribution is 2.49. The Balaban J connectivity index is 1.52. The molecule has 2 N–H and O–H groups in total. The van der Waals surface area contributed by atoms with Crippen molar-refractivity contribution in [2.24, 2.45) is 17.8 Å². The van der Waals surface area contributed by atoms with Gasteiger partial charge in [-0.05, 0) is 67.7 Å². The molecule has 2 saturated carbocycles. The molecule has 0 aliphatic heterocycles. The van der Waals surface area contributed by atoms with Gasteiger partial charge in [-0.2, -0.15) is 0 Å². The van der Waals surface area contributed by atoms with Crippen molar-refractivity contribution in [3.63, 3.8) is 0 Å². The molecule has 4 atom stereocenters. The van der Waals surface area contributed by atoms with Crippen LogP contribution in [0, 0.1) is 17.8 Å². The Kier molecular flexibility index (Phi) is 5.03. The van der Waals surface area contributed by atoms with Crippen LogP contribution in [-0.4, -0.2) is 24.9 Å². The Morgan fingerprint density at radius 1 is 1.17 bits per heavy atom. The van der Waals surface area contributed by atoms with Gasteiger partial charge in [0.1, 0.15) is 0 Å². The maximum atomic E-state index is 12.1. The van der Waals surface area contributed by atoms with Crippen LogP contribution < -0.4 is 10.6 Å². The van der Waals surface area contributed by atoms with E-state index in [4.69, 9.17) is 0 Å².